The molecule has 0 aromatic heterocycles. The van der Waals surface area contributed by atoms with Gasteiger partial charge in [0.1, 0.15) is 0 Å². The predicted octanol–water partition coefficient (Wildman–Crippen LogP) is 3.65. The zero-order valence-electron chi connectivity index (χ0n) is 10.6. The van der Waals surface area contributed by atoms with Crippen LogP contribution in [0.1, 0.15) is 18.4 Å². The lowest BCUT2D eigenvalue weighted by Crippen LogP contribution is -2.30. The summed E-state index contributed by atoms with van der Waals surface area (Å²) in [4.78, 5) is 0. The van der Waals surface area contributed by atoms with Crippen LogP contribution in [0.25, 0.3) is 0 Å². The van der Waals surface area contributed by atoms with Gasteiger partial charge in [0.25, 0.3) is 0 Å². The van der Waals surface area contributed by atoms with Gasteiger partial charge in [-0.3, -0.25) is 0 Å². The van der Waals surface area contributed by atoms with Crippen LogP contribution in [-0.4, -0.2) is 19.9 Å². The average Bonchev–Trinajstić information content (AvgIpc) is 2.98. The maximum absolute atomic E-state index is 5.78. The van der Waals surface area contributed by atoms with Gasteiger partial charge in [0.15, 0.2) is 0 Å². The molecule has 1 aromatic rings. The smallest absolute Gasteiger partial charge is 0.0819 e. The maximum atomic E-state index is 5.78. The molecule has 88 valence electrons. The Balaban J connectivity index is 1.68. The largest absolute Gasteiger partial charge is 0.373 e. The molecule has 1 aromatic carbocycles. The molecule has 1 aliphatic heterocycles. The molecule has 2 heteroatoms. The van der Waals surface area contributed by atoms with Crippen LogP contribution >= 0.6 is 0 Å². The summed E-state index contributed by atoms with van der Waals surface area (Å²) >= 11 is 0. The minimum absolute atomic E-state index is 0.579. The Labute approximate surface area is 99.8 Å². The van der Waals surface area contributed by atoms with E-state index in [1.165, 1.54) is 24.8 Å². The molecule has 1 aliphatic rings. The molecule has 16 heavy (non-hydrogen) atoms. The van der Waals surface area contributed by atoms with Gasteiger partial charge in [-0.25, -0.2) is 0 Å². The van der Waals surface area contributed by atoms with Crippen molar-refractivity contribution in [3.8, 4) is 0 Å². The molecular weight excluding hydrogens is 212 g/mol. The zero-order chi connectivity index (χ0) is 11.6. The molecule has 1 heterocycles. The van der Waals surface area contributed by atoms with Crippen LogP contribution in [-0.2, 0) is 11.2 Å². The Bertz CT molecular complexity index is 328. The molecule has 0 unspecified atom stereocenters. The summed E-state index contributed by atoms with van der Waals surface area (Å²) in [6, 6.07) is 10.7. The second-order valence-electron chi connectivity index (χ2n) is 5.84. The van der Waals surface area contributed by atoms with Crippen LogP contribution in [0.2, 0.25) is 19.6 Å². The van der Waals surface area contributed by atoms with Gasteiger partial charge in [-0.2, -0.15) is 0 Å². The Morgan fingerprint density at radius 2 is 1.81 bits per heavy atom. The van der Waals surface area contributed by atoms with Gasteiger partial charge < -0.3 is 4.74 Å². The van der Waals surface area contributed by atoms with Gasteiger partial charge in [-0.15, -0.1) is 0 Å². The van der Waals surface area contributed by atoms with E-state index in [1.807, 2.05) is 0 Å². The monoisotopic (exact) mass is 234 g/mol. The number of epoxide rings is 1. The van der Waals surface area contributed by atoms with Crippen LogP contribution in [0.3, 0.4) is 0 Å². The molecule has 2 rings (SSSR count). The SMILES string of the molecule is C[Si](C)(C)[C@H]1O[C@@H]1CCCc1ccccc1. The molecule has 0 radical (unpaired) electrons. The topological polar surface area (TPSA) is 12.5 Å². The van der Waals surface area contributed by atoms with Crippen LogP contribution in [0, 0.1) is 0 Å². The molecule has 0 saturated carbocycles. The third-order valence-corrected chi connectivity index (χ3v) is 5.45. The highest BCUT2D eigenvalue weighted by molar-refractivity contribution is 6.78. The minimum Gasteiger partial charge on any atom is -0.373 e. The van der Waals surface area contributed by atoms with E-state index in [-0.39, 0.29) is 0 Å². The number of aryl methyl sites for hydroxylation is 1. The van der Waals surface area contributed by atoms with E-state index in [4.69, 9.17) is 4.74 Å². The van der Waals surface area contributed by atoms with Crippen molar-refractivity contribution < 1.29 is 4.74 Å². The Hall–Kier alpha value is -0.603. The Morgan fingerprint density at radius 3 is 2.38 bits per heavy atom. The van der Waals surface area contributed by atoms with Gasteiger partial charge >= 0.3 is 0 Å². The fraction of sp³-hybridized carbons (Fsp3) is 0.571. The van der Waals surface area contributed by atoms with Crippen LogP contribution < -0.4 is 0 Å². The van der Waals surface area contributed by atoms with Gasteiger partial charge in [0.05, 0.1) is 19.9 Å². The first-order valence-corrected chi connectivity index (χ1v) is 9.84. The van der Waals surface area contributed by atoms with Gasteiger partial charge in [-0.1, -0.05) is 50.0 Å². The normalized spacial score (nSPS) is 24.4. The first-order valence-electron chi connectivity index (χ1n) is 6.27. The number of hydrogen-bond donors (Lipinski definition) is 0. The number of benzene rings is 1. The molecule has 0 aliphatic carbocycles. The number of rotatable bonds is 5. The second-order valence-corrected chi connectivity index (χ2v) is 11.1. The first-order chi connectivity index (χ1) is 7.57. The molecule has 1 nitrogen and oxygen atoms in total. The summed E-state index contributed by atoms with van der Waals surface area (Å²) in [6.45, 7) is 7.19. The second kappa shape index (κ2) is 4.72. The fourth-order valence-corrected chi connectivity index (χ4v) is 4.14. The van der Waals surface area contributed by atoms with Crippen molar-refractivity contribution in [2.75, 3.05) is 0 Å². The van der Waals surface area contributed by atoms with E-state index in [9.17, 15) is 0 Å². The van der Waals surface area contributed by atoms with Gasteiger partial charge in [0.2, 0.25) is 0 Å². The molecule has 0 spiro atoms. The summed E-state index contributed by atoms with van der Waals surface area (Å²) in [7, 11) is -1.04. The lowest BCUT2D eigenvalue weighted by Gasteiger charge is -2.11. The third kappa shape index (κ3) is 3.19. The highest BCUT2D eigenvalue weighted by atomic mass is 28.3. The lowest BCUT2D eigenvalue weighted by molar-refractivity contribution is 0.380. The van der Waals surface area contributed by atoms with Crippen molar-refractivity contribution >= 4 is 8.07 Å². The van der Waals surface area contributed by atoms with Crippen LogP contribution in [0.15, 0.2) is 30.3 Å². The molecule has 2 atom stereocenters. The number of ether oxygens (including phenoxy) is 1. The quantitative estimate of drug-likeness (QED) is 0.559. The third-order valence-electron chi connectivity index (χ3n) is 3.23. The van der Waals surface area contributed by atoms with Crippen molar-refractivity contribution in [1.29, 1.82) is 0 Å². The molecule has 0 N–H and O–H groups in total. The van der Waals surface area contributed by atoms with E-state index in [2.05, 4.69) is 50.0 Å². The van der Waals surface area contributed by atoms with E-state index in [0.29, 0.717) is 11.8 Å². The minimum atomic E-state index is -1.04. The summed E-state index contributed by atoms with van der Waals surface area (Å²) in [5.41, 5.74) is 2.08. The molecule has 0 bridgehead atoms. The van der Waals surface area contributed by atoms with Crippen molar-refractivity contribution in [3.05, 3.63) is 35.9 Å². The van der Waals surface area contributed by atoms with E-state index in [0.717, 1.165) is 0 Å². The first kappa shape index (κ1) is 11.9. The summed E-state index contributed by atoms with van der Waals surface area (Å²) < 4.78 is 5.78. The van der Waals surface area contributed by atoms with E-state index < -0.39 is 8.07 Å². The standard InChI is InChI=1S/C14H22OSi/c1-16(2,3)14-13(15-14)11-7-10-12-8-5-4-6-9-12/h4-6,8-9,13-14H,7,10-11H2,1-3H3/t13-,14-/m1/s1. The highest BCUT2D eigenvalue weighted by Gasteiger charge is 2.47. The molecule has 0 amide bonds. The summed E-state index contributed by atoms with van der Waals surface area (Å²) in [5, 5.41) is 0. The van der Waals surface area contributed by atoms with Crippen molar-refractivity contribution in [1.82, 2.24) is 0 Å². The molecule has 1 fully saturated rings. The lowest BCUT2D eigenvalue weighted by atomic mass is 10.1. The highest BCUT2D eigenvalue weighted by Crippen LogP contribution is 2.34. The van der Waals surface area contributed by atoms with Gasteiger partial charge in [0, 0.05) is 0 Å². The van der Waals surface area contributed by atoms with Gasteiger partial charge in [-0.05, 0) is 24.8 Å². The zero-order valence-corrected chi connectivity index (χ0v) is 11.6. The maximum Gasteiger partial charge on any atom is 0.0819 e. The van der Waals surface area contributed by atoms with Crippen molar-refractivity contribution in [2.24, 2.45) is 0 Å². The molecule has 1 saturated heterocycles. The molecular formula is C14H22OSi. The Morgan fingerprint density at radius 1 is 1.12 bits per heavy atom. The fourth-order valence-electron chi connectivity index (χ4n) is 2.28. The predicted molar refractivity (Wildman–Crippen MR) is 71.4 cm³/mol. The summed E-state index contributed by atoms with van der Waals surface area (Å²) in [6.07, 6.45) is 4.27. The van der Waals surface area contributed by atoms with E-state index >= 15 is 0 Å². The Kier molecular flexibility index (Phi) is 3.50. The number of hydrogen-bond acceptors (Lipinski definition) is 1. The van der Waals surface area contributed by atoms with E-state index in [1.54, 1.807) is 0 Å². The van der Waals surface area contributed by atoms with Crippen LogP contribution in [0.5, 0.6) is 0 Å². The van der Waals surface area contributed by atoms with Crippen LogP contribution in [0.4, 0.5) is 0 Å². The summed E-state index contributed by atoms with van der Waals surface area (Å²) in [5.74, 6) is 0. The average molecular weight is 234 g/mol. The van der Waals surface area contributed by atoms with Crippen molar-refractivity contribution in [2.45, 2.75) is 50.7 Å². The van der Waals surface area contributed by atoms with Crippen molar-refractivity contribution in [3.63, 3.8) is 0 Å².